The number of phenols is 2. The van der Waals surface area contributed by atoms with Crippen LogP contribution in [-0.4, -0.2) is 10.2 Å². The molecule has 0 radical (unpaired) electrons. The summed E-state index contributed by atoms with van der Waals surface area (Å²) in [6, 6.07) is 26.0. The lowest BCUT2D eigenvalue weighted by atomic mass is 10.00. The molecule has 152 valence electrons. The molecule has 30 heavy (non-hydrogen) atoms. The largest absolute Gasteiger partial charge is 0.508 e. The Bertz CT molecular complexity index is 1040. The molecule has 0 aromatic heterocycles. The zero-order valence-corrected chi connectivity index (χ0v) is 17.1. The van der Waals surface area contributed by atoms with Crippen LogP contribution in [0.25, 0.3) is 22.3 Å². The fourth-order valence-corrected chi connectivity index (χ4v) is 3.30. The van der Waals surface area contributed by atoms with E-state index in [1.807, 2.05) is 74.5 Å². The van der Waals surface area contributed by atoms with Gasteiger partial charge in [0.05, 0.1) is 0 Å². The van der Waals surface area contributed by atoms with E-state index < -0.39 is 0 Å². The molecule has 4 aromatic rings. The van der Waals surface area contributed by atoms with Gasteiger partial charge in [0.2, 0.25) is 0 Å². The van der Waals surface area contributed by atoms with Crippen LogP contribution in [0.3, 0.4) is 0 Å². The summed E-state index contributed by atoms with van der Waals surface area (Å²) >= 11 is 0. The Morgan fingerprint density at radius 1 is 0.500 bits per heavy atom. The van der Waals surface area contributed by atoms with Gasteiger partial charge in [-0.1, -0.05) is 36.4 Å². The van der Waals surface area contributed by atoms with E-state index in [-0.39, 0.29) is 11.5 Å². The average molecular weight is 399 g/mol. The van der Waals surface area contributed by atoms with Crippen LogP contribution in [0, 0.1) is 13.8 Å². The summed E-state index contributed by atoms with van der Waals surface area (Å²) in [7, 11) is 0. The molecule has 0 amide bonds. The molecule has 0 fully saturated rings. The van der Waals surface area contributed by atoms with Crippen molar-refractivity contribution in [2.45, 2.75) is 13.8 Å². The maximum Gasteiger partial charge on any atom is 0.115 e. The number of hydrogen-bond acceptors (Lipinski definition) is 4. The van der Waals surface area contributed by atoms with Crippen LogP contribution in [0.2, 0.25) is 0 Å². The van der Waals surface area contributed by atoms with Gasteiger partial charge in [-0.15, -0.1) is 0 Å². The number of nitrogen functional groups attached to an aromatic ring is 2. The van der Waals surface area contributed by atoms with Crippen LogP contribution in [0.4, 0.5) is 11.4 Å². The second kappa shape index (κ2) is 9.05. The number of anilines is 2. The third-order valence-electron chi connectivity index (χ3n) is 4.86. The lowest BCUT2D eigenvalue weighted by Gasteiger charge is -2.06. The molecule has 0 saturated heterocycles. The van der Waals surface area contributed by atoms with Gasteiger partial charge in [0, 0.05) is 11.4 Å². The van der Waals surface area contributed by atoms with Crippen LogP contribution in [0.1, 0.15) is 11.1 Å². The molecular formula is C26H26N2O2. The minimum absolute atomic E-state index is 0.284. The molecule has 4 nitrogen and oxygen atoms in total. The number of hydrogen-bond donors (Lipinski definition) is 4. The van der Waals surface area contributed by atoms with Crippen molar-refractivity contribution in [3.63, 3.8) is 0 Å². The van der Waals surface area contributed by atoms with Crippen molar-refractivity contribution in [2.24, 2.45) is 0 Å². The lowest BCUT2D eigenvalue weighted by Crippen LogP contribution is -1.88. The molecule has 0 aliphatic carbocycles. The standard InChI is InChI=1S/2C13H13NO/c2*1-9-8-11(14)4-7-13(9)10-2-5-12(15)6-3-10/h2*2-8,15H,14H2,1H3. The number of aromatic hydroxyl groups is 2. The van der Waals surface area contributed by atoms with Crippen molar-refractivity contribution in [1.82, 2.24) is 0 Å². The first-order chi connectivity index (χ1) is 14.3. The smallest absolute Gasteiger partial charge is 0.115 e. The number of aryl methyl sites for hydroxylation is 2. The summed E-state index contributed by atoms with van der Waals surface area (Å²) in [5.74, 6) is 0.568. The van der Waals surface area contributed by atoms with E-state index in [1.165, 1.54) is 0 Å². The summed E-state index contributed by atoms with van der Waals surface area (Å²) in [6.45, 7) is 4.05. The first-order valence-corrected chi connectivity index (χ1v) is 9.64. The third-order valence-corrected chi connectivity index (χ3v) is 4.86. The van der Waals surface area contributed by atoms with Crippen LogP contribution >= 0.6 is 0 Å². The molecule has 0 aliphatic rings. The van der Waals surface area contributed by atoms with E-state index in [0.717, 1.165) is 44.8 Å². The van der Waals surface area contributed by atoms with Crippen molar-refractivity contribution in [1.29, 1.82) is 0 Å². The Morgan fingerprint density at radius 3 is 1.13 bits per heavy atom. The van der Waals surface area contributed by atoms with Crippen LogP contribution in [0.5, 0.6) is 11.5 Å². The molecule has 0 saturated carbocycles. The molecule has 4 aromatic carbocycles. The molecule has 0 bridgehead atoms. The van der Waals surface area contributed by atoms with Gasteiger partial charge in [-0.05, 0) is 95.8 Å². The maximum absolute atomic E-state index is 9.20. The van der Waals surface area contributed by atoms with Gasteiger partial charge < -0.3 is 21.7 Å². The second-order valence-electron chi connectivity index (χ2n) is 7.24. The minimum atomic E-state index is 0.284. The average Bonchev–Trinajstić information content (AvgIpc) is 2.70. The van der Waals surface area contributed by atoms with Crippen LogP contribution in [-0.2, 0) is 0 Å². The molecule has 0 atom stereocenters. The van der Waals surface area contributed by atoms with Crippen LogP contribution in [0.15, 0.2) is 84.9 Å². The van der Waals surface area contributed by atoms with E-state index in [1.54, 1.807) is 24.3 Å². The monoisotopic (exact) mass is 398 g/mol. The normalized spacial score (nSPS) is 10.2. The first kappa shape index (κ1) is 20.8. The Kier molecular flexibility index (Phi) is 6.28. The van der Waals surface area contributed by atoms with Crippen molar-refractivity contribution in [3.05, 3.63) is 96.1 Å². The van der Waals surface area contributed by atoms with Gasteiger partial charge >= 0.3 is 0 Å². The second-order valence-corrected chi connectivity index (χ2v) is 7.24. The summed E-state index contributed by atoms with van der Waals surface area (Å²) in [6.07, 6.45) is 0. The number of benzene rings is 4. The summed E-state index contributed by atoms with van der Waals surface area (Å²) in [5.41, 5.74) is 19.7. The van der Waals surface area contributed by atoms with E-state index >= 15 is 0 Å². The highest BCUT2D eigenvalue weighted by molar-refractivity contribution is 5.70. The Hall–Kier alpha value is -3.92. The quantitative estimate of drug-likeness (QED) is 0.316. The van der Waals surface area contributed by atoms with Gasteiger partial charge in [-0.25, -0.2) is 0 Å². The van der Waals surface area contributed by atoms with Gasteiger partial charge in [-0.3, -0.25) is 0 Å². The summed E-state index contributed by atoms with van der Waals surface area (Å²) in [5, 5.41) is 18.4. The number of phenolic OH excluding ortho intramolecular Hbond substituents is 2. The van der Waals surface area contributed by atoms with Gasteiger partial charge in [-0.2, -0.15) is 0 Å². The molecule has 4 rings (SSSR count). The zero-order valence-electron chi connectivity index (χ0n) is 17.1. The number of rotatable bonds is 2. The van der Waals surface area contributed by atoms with Gasteiger partial charge in [0.25, 0.3) is 0 Å². The van der Waals surface area contributed by atoms with E-state index in [0.29, 0.717) is 0 Å². The fraction of sp³-hybridized carbons (Fsp3) is 0.0769. The zero-order chi connectivity index (χ0) is 21.7. The summed E-state index contributed by atoms with van der Waals surface area (Å²) < 4.78 is 0. The summed E-state index contributed by atoms with van der Waals surface area (Å²) in [4.78, 5) is 0. The fourth-order valence-electron chi connectivity index (χ4n) is 3.30. The predicted molar refractivity (Wildman–Crippen MR) is 125 cm³/mol. The van der Waals surface area contributed by atoms with Crippen molar-refractivity contribution in [3.8, 4) is 33.8 Å². The molecule has 6 N–H and O–H groups in total. The Balaban J connectivity index is 0.000000171. The lowest BCUT2D eigenvalue weighted by molar-refractivity contribution is 0.475. The molecule has 0 unspecified atom stereocenters. The highest BCUT2D eigenvalue weighted by Crippen LogP contribution is 2.27. The maximum atomic E-state index is 9.20. The molecule has 0 aliphatic heterocycles. The molecule has 0 heterocycles. The third kappa shape index (κ3) is 5.11. The SMILES string of the molecule is Cc1cc(N)ccc1-c1ccc(O)cc1.Cc1cc(N)ccc1-c1ccc(O)cc1. The topological polar surface area (TPSA) is 92.5 Å². The molecule has 0 spiro atoms. The first-order valence-electron chi connectivity index (χ1n) is 9.64. The van der Waals surface area contributed by atoms with E-state index in [9.17, 15) is 10.2 Å². The Labute approximate surface area is 177 Å². The van der Waals surface area contributed by atoms with E-state index in [4.69, 9.17) is 11.5 Å². The van der Waals surface area contributed by atoms with E-state index in [2.05, 4.69) is 0 Å². The number of nitrogens with two attached hydrogens (primary N) is 2. The minimum Gasteiger partial charge on any atom is -0.508 e. The van der Waals surface area contributed by atoms with Crippen molar-refractivity contribution >= 4 is 11.4 Å². The Morgan fingerprint density at radius 2 is 0.833 bits per heavy atom. The highest BCUT2D eigenvalue weighted by atomic mass is 16.3. The molecule has 4 heteroatoms. The van der Waals surface area contributed by atoms with Gasteiger partial charge in [0.15, 0.2) is 0 Å². The predicted octanol–water partition coefficient (Wildman–Crippen LogP) is 5.90. The molecular weight excluding hydrogens is 372 g/mol. The van der Waals surface area contributed by atoms with Crippen molar-refractivity contribution < 1.29 is 10.2 Å². The van der Waals surface area contributed by atoms with Crippen LogP contribution < -0.4 is 11.5 Å². The highest BCUT2D eigenvalue weighted by Gasteiger charge is 2.02. The van der Waals surface area contributed by atoms with Crippen molar-refractivity contribution in [2.75, 3.05) is 11.5 Å². The van der Waals surface area contributed by atoms with Gasteiger partial charge in [0.1, 0.15) is 11.5 Å².